The summed E-state index contributed by atoms with van der Waals surface area (Å²) < 4.78 is 51.9. The summed E-state index contributed by atoms with van der Waals surface area (Å²) in [5, 5.41) is 20.1. The molecule has 582 valence electrons. The first-order valence-electron chi connectivity index (χ1n) is 41.8. The fourth-order valence-corrected chi connectivity index (χ4v) is 28.6. The summed E-state index contributed by atoms with van der Waals surface area (Å²) in [5.74, 6) is -0.781. The highest BCUT2D eigenvalue weighted by molar-refractivity contribution is 7.20. The number of nitrogens with zero attached hydrogens (tertiary/aromatic N) is 2. The molecule has 0 radical (unpaired) electrons. The zero-order valence-corrected chi connectivity index (χ0v) is 71.1. The van der Waals surface area contributed by atoms with Crippen molar-refractivity contribution < 1.29 is 17.6 Å². The Morgan fingerprint density at radius 2 is 0.500 bits per heavy atom. The molecule has 20 rings (SSSR count). The van der Waals surface area contributed by atoms with Crippen molar-refractivity contribution in [3.8, 4) is 22.3 Å². The van der Waals surface area contributed by atoms with Crippen LogP contribution in [-0.4, -0.2) is 16.1 Å². The van der Waals surface area contributed by atoms with Gasteiger partial charge in [0.15, 0.2) is 27.3 Å². The van der Waals surface area contributed by atoms with Gasteiger partial charge in [0.25, 0.3) is 0 Å². The molecule has 0 aliphatic heterocycles. The highest BCUT2D eigenvalue weighted by Gasteiger charge is 2.44. The Bertz CT molecular complexity index is 6670. The third-order valence-electron chi connectivity index (χ3n) is 25.5. The van der Waals surface area contributed by atoms with Crippen LogP contribution in [0.3, 0.4) is 0 Å². The standard InChI is InChI=1S/C112H90F2N2O2Si2/c1-69(2)97-67-105(115(103-21-15-19-93-89-17-11-13-23-107(89)117-111(93)103)101-63-41-79(65-99(101)113)77-37-55-87(56-38-77)119(81-43-25-71(5)26-44-81,82-45-27-72(6)28-46-82)83-47-29-73(7)30-48-83)95-62-60-92-98(70(3)4)68-106(96-61-59-91(97)109(95)110(92)96)116(104-22-16-20-94-90-18-12-14-24-108(90)118-112(94)104)102-64-42-80(66-100(102)114)78-39-57-88(58-40-78)120(84-49-31-74(8)32-50-84,85-51-33-75(9)34-52-85)86-53-35-76(10)36-54-86/h11-70H,1-10H3. The third-order valence-corrected chi connectivity index (χ3v) is 35.1. The Labute approximate surface area is 701 Å². The number of para-hydroxylation sites is 4. The molecule has 0 N–H and O–H groups in total. The molecule has 0 spiro atoms. The summed E-state index contributed by atoms with van der Waals surface area (Å²) >= 11 is 0. The Morgan fingerprint density at radius 1 is 0.233 bits per heavy atom. The van der Waals surface area contributed by atoms with Crippen LogP contribution in [0, 0.1) is 53.2 Å². The van der Waals surface area contributed by atoms with Gasteiger partial charge in [0.1, 0.15) is 22.8 Å². The molecule has 4 nitrogen and oxygen atoms in total. The van der Waals surface area contributed by atoms with Gasteiger partial charge in [0, 0.05) is 32.3 Å². The lowest BCUT2D eigenvalue weighted by molar-refractivity contribution is 0.628. The average Bonchev–Trinajstić information content (AvgIpc) is 0.888. The fraction of sp³-hybridized carbons (Fsp3) is 0.107. The van der Waals surface area contributed by atoms with E-state index in [2.05, 4.69) is 370 Å². The van der Waals surface area contributed by atoms with Gasteiger partial charge < -0.3 is 18.6 Å². The van der Waals surface area contributed by atoms with Crippen LogP contribution in [0.1, 0.15) is 84.0 Å². The maximum absolute atomic E-state index is 18.9. The van der Waals surface area contributed by atoms with Crippen LogP contribution in [0.2, 0.25) is 0 Å². The zero-order valence-electron chi connectivity index (χ0n) is 69.1. The molecular weight excluding hydrogens is 1500 g/mol. The second-order valence-electron chi connectivity index (χ2n) is 33.7. The molecular formula is C112H90F2N2O2Si2. The van der Waals surface area contributed by atoms with E-state index in [1.165, 1.54) is 74.9 Å². The van der Waals surface area contributed by atoms with E-state index in [1.807, 2.05) is 48.5 Å². The van der Waals surface area contributed by atoms with Crippen molar-refractivity contribution >= 4 is 168 Å². The van der Waals surface area contributed by atoms with Crippen LogP contribution in [0.15, 0.2) is 361 Å². The molecule has 8 heteroatoms. The largest absolute Gasteiger partial charge is 0.454 e. The smallest absolute Gasteiger partial charge is 0.179 e. The predicted octanol–water partition coefficient (Wildman–Crippen LogP) is 25.8. The molecule has 2 aromatic heterocycles. The summed E-state index contributed by atoms with van der Waals surface area (Å²) in [7, 11) is -5.84. The molecule has 0 aliphatic carbocycles. The number of halogens is 2. The van der Waals surface area contributed by atoms with E-state index in [0.717, 1.165) is 110 Å². The summed E-state index contributed by atoms with van der Waals surface area (Å²) in [4.78, 5) is 4.21. The number of benzene rings is 18. The molecule has 0 saturated heterocycles. The van der Waals surface area contributed by atoms with Crippen LogP contribution < -0.4 is 51.3 Å². The minimum absolute atomic E-state index is 0.00593. The van der Waals surface area contributed by atoms with Crippen LogP contribution in [0.5, 0.6) is 0 Å². The number of hydrogen-bond acceptors (Lipinski definition) is 4. The van der Waals surface area contributed by atoms with E-state index >= 15 is 8.78 Å². The minimum atomic E-state index is -2.92. The molecule has 2 heterocycles. The van der Waals surface area contributed by atoms with Gasteiger partial charge in [-0.15, -0.1) is 0 Å². The third kappa shape index (κ3) is 12.4. The molecule has 0 aliphatic rings. The zero-order chi connectivity index (χ0) is 82.0. The summed E-state index contributed by atoms with van der Waals surface area (Å²) in [6.07, 6.45) is 0. The van der Waals surface area contributed by atoms with Crippen molar-refractivity contribution in [2.75, 3.05) is 9.80 Å². The minimum Gasteiger partial charge on any atom is -0.454 e. The second kappa shape index (κ2) is 29.8. The van der Waals surface area contributed by atoms with Crippen molar-refractivity contribution in [1.29, 1.82) is 0 Å². The van der Waals surface area contributed by atoms with E-state index in [4.69, 9.17) is 8.83 Å². The fourth-order valence-electron chi connectivity index (χ4n) is 19.3. The summed E-state index contributed by atoms with van der Waals surface area (Å²) in [6.45, 7) is 21.9. The van der Waals surface area contributed by atoms with Gasteiger partial charge in [-0.05, 0) is 210 Å². The van der Waals surface area contributed by atoms with Crippen molar-refractivity contribution in [3.63, 3.8) is 0 Å². The molecule has 0 bridgehead atoms. The molecule has 0 fully saturated rings. The number of fused-ring (bicyclic) bond motifs is 6. The maximum atomic E-state index is 18.9. The van der Waals surface area contributed by atoms with Crippen LogP contribution >= 0.6 is 0 Å². The van der Waals surface area contributed by atoms with Gasteiger partial charge in [-0.2, -0.15) is 0 Å². The van der Waals surface area contributed by atoms with Crippen molar-refractivity contribution in [1.82, 2.24) is 0 Å². The predicted molar refractivity (Wildman–Crippen MR) is 509 cm³/mol. The van der Waals surface area contributed by atoms with Gasteiger partial charge in [0.05, 0.1) is 34.1 Å². The normalized spacial score (nSPS) is 12.2. The molecule has 0 unspecified atom stereocenters. The average molecular weight is 1590 g/mol. The van der Waals surface area contributed by atoms with Gasteiger partial charge in [-0.25, -0.2) is 8.78 Å². The quantitative estimate of drug-likeness (QED) is 0.0487. The van der Waals surface area contributed by atoms with Crippen LogP contribution in [0.25, 0.3) is 98.4 Å². The van der Waals surface area contributed by atoms with E-state index in [-0.39, 0.29) is 11.8 Å². The number of aryl methyl sites for hydroxylation is 6. The van der Waals surface area contributed by atoms with E-state index in [0.29, 0.717) is 33.9 Å². The molecule has 20 aromatic rings. The SMILES string of the molecule is Cc1ccc([Si](c2ccc(C)cc2)(c2ccc(C)cc2)c2ccc(-c3ccc(N(c4cc(C(C)C)c5ccc6c(N(c7ccc(-c8ccc([Si](c9ccc(C)cc9)(c9ccc(C)cc9)c9ccc(C)cc9)cc8)cc7F)c7cccc8c7oc7ccccc78)cc(C(C)C)c7ccc4c5c76)c4cccc5c4oc4ccccc45)c(F)c3)cc2)cc1. The van der Waals surface area contributed by atoms with Crippen molar-refractivity contribution in [2.45, 2.75) is 81.1 Å². The van der Waals surface area contributed by atoms with Crippen LogP contribution in [0.4, 0.5) is 42.9 Å². The molecule has 18 aromatic carbocycles. The molecule has 120 heavy (non-hydrogen) atoms. The van der Waals surface area contributed by atoms with E-state index in [1.54, 1.807) is 12.1 Å². The first kappa shape index (κ1) is 75.3. The first-order valence-corrected chi connectivity index (χ1v) is 45.8. The van der Waals surface area contributed by atoms with Gasteiger partial charge in [0.2, 0.25) is 0 Å². The van der Waals surface area contributed by atoms with Crippen molar-refractivity contribution in [2.24, 2.45) is 0 Å². The monoisotopic (exact) mass is 1590 g/mol. The Kier molecular flexibility index (Phi) is 18.7. The topological polar surface area (TPSA) is 32.8 Å². The highest BCUT2D eigenvalue weighted by Crippen LogP contribution is 2.54. The second-order valence-corrected chi connectivity index (χ2v) is 41.3. The molecule has 0 amide bonds. The van der Waals surface area contributed by atoms with E-state index < -0.39 is 27.8 Å². The number of anilines is 6. The van der Waals surface area contributed by atoms with Gasteiger partial charge >= 0.3 is 0 Å². The summed E-state index contributed by atoms with van der Waals surface area (Å²) in [6, 6.07) is 126. The summed E-state index contributed by atoms with van der Waals surface area (Å²) in [5.41, 5.74) is 19.2. The van der Waals surface area contributed by atoms with Gasteiger partial charge in [-0.3, -0.25) is 0 Å². The number of furan rings is 2. The molecule has 0 saturated carbocycles. The highest BCUT2D eigenvalue weighted by atomic mass is 28.3. The Morgan fingerprint density at radius 3 is 0.792 bits per heavy atom. The lowest BCUT2D eigenvalue weighted by atomic mass is 9.84. The molecule has 0 atom stereocenters. The number of hydrogen-bond donors (Lipinski definition) is 0. The first-order chi connectivity index (χ1) is 58.4. The van der Waals surface area contributed by atoms with Crippen LogP contribution in [-0.2, 0) is 0 Å². The lowest BCUT2D eigenvalue weighted by Gasteiger charge is -2.35. The Balaban J connectivity index is 0.768. The number of rotatable bonds is 18. The van der Waals surface area contributed by atoms with E-state index in [9.17, 15) is 0 Å². The van der Waals surface area contributed by atoms with Crippen molar-refractivity contribution in [3.05, 3.63) is 408 Å². The van der Waals surface area contributed by atoms with Gasteiger partial charge in [-0.1, -0.05) is 352 Å². The lowest BCUT2D eigenvalue weighted by Crippen LogP contribution is -2.74. The maximum Gasteiger partial charge on any atom is 0.179 e. The Hall–Kier alpha value is -13.5.